The summed E-state index contributed by atoms with van der Waals surface area (Å²) < 4.78 is 0. The number of urea groups is 1. The molecule has 9 heteroatoms. The predicted molar refractivity (Wildman–Crippen MR) is 89.2 cm³/mol. The monoisotopic (exact) mass is 358 g/mol. The lowest BCUT2D eigenvalue weighted by molar-refractivity contribution is -0.145. The van der Waals surface area contributed by atoms with Crippen molar-refractivity contribution in [1.29, 1.82) is 0 Å². The number of carbonyl (C=O) groups excluding carboxylic acids is 4. The summed E-state index contributed by atoms with van der Waals surface area (Å²) in [5.74, 6) is -2.03. The fourth-order valence-corrected chi connectivity index (χ4v) is 2.88. The maximum absolute atomic E-state index is 12.4. The highest BCUT2D eigenvalue weighted by Crippen LogP contribution is 2.20. The first-order valence-corrected chi connectivity index (χ1v) is 7.68. The lowest BCUT2D eigenvalue weighted by Gasteiger charge is -2.35. The highest BCUT2D eigenvalue weighted by atomic mass is 35.5. The number of hydrogen-bond donors (Lipinski definition) is 1. The van der Waals surface area contributed by atoms with Crippen LogP contribution in [-0.4, -0.2) is 70.7 Å². The molecule has 0 saturated carbocycles. The predicted octanol–water partition coefficient (Wildman–Crippen LogP) is -0.0292. The first-order valence-electron chi connectivity index (χ1n) is 7.68. The Bertz CT molecular complexity index is 552. The molecule has 2 N–H and O–H groups in total. The van der Waals surface area contributed by atoms with Gasteiger partial charge < -0.3 is 10.6 Å². The van der Waals surface area contributed by atoms with Gasteiger partial charge in [0.25, 0.3) is 0 Å². The van der Waals surface area contributed by atoms with E-state index in [1.54, 1.807) is 4.90 Å². The number of rotatable bonds is 5. The van der Waals surface area contributed by atoms with Gasteiger partial charge in [-0.3, -0.25) is 19.3 Å². The van der Waals surface area contributed by atoms with Gasteiger partial charge in [0.05, 0.1) is 0 Å². The van der Waals surface area contributed by atoms with Crippen LogP contribution in [0.1, 0.15) is 19.8 Å². The van der Waals surface area contributed by atoms with E-state index in [0.717, 1.165) is 17.7 Å². The molecule has 134 valence electrons. The van der Waals surface area contributed by atoms with Crippen molar-refractivity contribution < 1.29 is 19.2 Å². The molecule has 0 aromatic heterocycles. The minimum absolute atomic E-state index is 0. The quantitative estimate of drug-likeness (QED) is 0.422. The van der Waals surface area contributed by atoms with Crippen LogP contribution in [0.25, 0.3) is 0 Å². The Labute approximate surface area is 147 Å². The Balaban J connectivity index is 0.00000288. The van der Waals surface area contributed by atoms with Crippen LogP contribution in [0.4, 0.5) is 4.79 Å². The Morgan fingerprint density at radius 3 is 2.54 bits per heavy atom. The standard InChI is InChI=1S/C15H22N4O4.ClH/c1-3-6-18-13(21)14(22)19(15(18)23)9-12(20)17-7-4-5-11(8-17)10(2)16;/h3,10-11H,1,4-9,16H2,2H3;1H. The first-order chi connectivity index (χ1) is 10.9. The number of amides is 5. The molecular weight excluding hydrogens is 336 g/mol. The molecule has 2 atom stereocenters. The van der Waals surface area contributed by atoms with Crippen molar-refractivity contribution in [3.63, 3.8) is 0 Å². The van der Waals surface area contributed by atoms with Crippen LogP contribution >= 0.6 is 12.4 Å². The van der Waals surface area contributed by atoms with Crippen molar-refractivity contribution in [3.8, 4) is 0 Å². The van der Waals surface area contributed by atoms with E-state index < -0.39 is 24.4 Å². The van der Waals surface area contributed by atoms with Gasteiger partial charge in [-0.05, 0) is 25.7 Å². The molecule has 2 saturated heterocycles. The van der Waals surface area contributed by atoms with Gasteiger partial charge in [0, 0.05) is 25.7 Å². The number of carbonyl (C=O) groups is 4. The van der Waals surface area contributed by atoms with E-state index in [0.29, 0.717) is 18.0 Å². The fraction of sp³-hybridized carbons (Fsp3) is 0.600. The van der Waals surface area contributed by atoms with Crippen molar-refractivity contribution in [1.82, 2.24) is 14.7 Å². The molecule has 2 aliphatic heterocycles. The largest absolute Gasteiger partial charge is 0.341 e. The molecular formula is C15H23ClN4O4. The van der Waals surface area contributed by atoms with E-state index in [4.69, 9.17) is 5.73 Å². The summed E-state index contributed by atoms with van der Waals surface area (Å²) in [5, 5.41) is 0. The van der Waals surface area contributed by atoms with Crippen LogP contribution in [0.3, 0.4) is 0 Å². The summed E-state index contributed by atoms with van der Waals surface area (Å²) in [6.07, 6.45) is 3.14. The highest BCUT2D eigenvalue weighted by molar-refractivity contribution is 6.45. The second kappa shape index (κ2) is 8.25. The third-order valence-electron chi connectivity index (χ3n) is 4.29. The van der Waals surface area contributed by atoms with E-state index in [1.165, 1.54) is 6.08 Å². The molecule has 0 aromatic rings. The molecule has 2 fully saturated rings. The second-order valence-corrected chi connectivity index (χ2v) is 5.98. The van der Waals surface area contributed by atoms with Gasteiger partial charge >= 0.3 is 17.8 Å². The van der Waals surface area contributed by atoms with E-state index in [2.05, 4.69) is 6.58 Å². The average molecular weight is 359 g/mol. The Morgan fingerprint density at radius 2 is 1.96 bits per heavy atom. The van der Waals surface area contributed by atoms with Crippen LogP contribution in [0, 0.1) is 5.92 Å². The molecule has 0 spiro atoms. The molecule has 2 aliphatic rings. The molecule has 8 nitrogen and oxygen atoms in total. The zero-order valence-electron chi connectivity index (χ0n) is 13.6. The summed E-state index contributed by atoms with van der Waals surface area (Å²) in [6.45, 7) is 5.96. The number of nitrogens with zero attached hydrogens (tertiary/aromatic N) is 3. The van der Waals surface area contributed by atoms with Crippen molar-refractivity contribution in [3.05, 3.63) is 12.7 Å². The lowest BCUT2D eigenvalue weighted by Crippen LogP contribution is -2.49. The second-order valence-electron chi connectivity index (χ2n) is 5.98. The first kappa shape index (κ1) is 20.1. The van der Waals surface area contributed by atoms with Gasteiger partial charge in [-0.15, -0.1) is 19.0 Å². The SMILES string of the molecule is C=CCN1C(=O)C(=O)N(CC(=O)N2CCCC(C(C)N)C2)C1=O.Cl. The Kier molecular flexibility index (Phi) is 6.92. The zero-order valence-corrected chi connectivity index (χ0v) is 14.5. The smallest absolute Gasteiger partial charge is 0.335 e. The van der Waals surface area contributed by atoms with E-state index in [1.807, 2.05) is 6.92 Å². The number of imide groups is 2. The van der Waals surface area contributed by atoms with Crippen LogP contribution < -0.4 is 5.73 Å². The molecule has 0 radical (unpaired) electrons. The van der Waals surface area contributed by atoms with Gasteiger partial charge in [0.2, 0.25) is 5.91 Å². The maximum Gasteiger partial charge on any atom is 0.335 e. The zero-order chi connectivity index (χ0) is 17.1. The highest BCUT2D eigenvalue weighted by Gasteiger charge is 2.45. The van der Waals surface area contributed by atoms with Gasteiger partial charge in [-0.2, -0.15) is 0 Å². The number of piperidine rings is 1. The molecule has 0 aliphatic carbocycles. The molecule has 5 amide bonds. The van der Waals surface area contributed by atoms with Crippen LogP contribution in [0.5, 0.6) is 0 Å². The summed E-state index contributed by atoms with van der Waals surface area (Å²) in [7, 11) is 0. The van der Waals surface area contributed by atoms with Crippen LogP contribution in [-0.2, 0) is 14.4 Å². The Morgan fingerprint density at radius 1 is 1.33 bits per heavy atom. The lowest BCUT2D eigenvalue weighted by atomic mass is 9.92. The molecule has 24 heavy (non-hydrogen) atoms. The fourth-order valence-electron chi connectivity index (χ4n) is 2.88. The molecule has 2 rings (SSSR count). The van der Waals surface area contributed by atoms with E-state index in [-0.39, 0.29) is 36.8 Å². The molecule has 2 unspecified atom stereocenters. The van der Waals surface area contributed by atoms with Crippen LogP contribution in [0.2, 0.25) is 0 Å². The van der Waals surface area contributed by atoms with Gasteiger partial charge in [-0.1, -0.05) is 6.08 Å². The van der Waals surface area contributed by atoms with E-state index in [9.17, 15) is 19.2 Å². The van der Waals surface area contributed by atoms with Crippen molar-refractivity contribution in [2.75, 3.05) is 26.2 Å². The number of likely N-dealkylation sites (tertiary alicyclic amines) is 1. The van der Waals surface area contributed by atoms with Gasteiger partial charge in [0.15, 0.2) is 0 Å². The van der Waals surface area contributed by atoms with E-state index >= 15 is 0 Å². The van der Waals surface area contributed by atoms with Gasteiger partial charge in [-0.25, -0.2) is 9.69 Å². The number of nitrogens with two attached hydrogens (primary N) is 1. The maximum atomic E-state index is 12.4. The minimum atomic E-state index is -0.967. The summed E-state index contributed by atoms with van der Waals surface area (Å²) in [6, 6.07) is -0.792. The third kappa shape index (κ3) is 3.93. The minimum Gasteiger partial charge on any atom is -0.341 e. The van der Waals surface area contributed by atoms with Crippen molar-refractivity contribution in [2.45, 2.75) is 25.8 Å². The Hall–Kier alpha value is -1.93. The molecule has 2 heterocycles. The normalized spacial score (nSPS) is 22.5. The number of hydrogen-bond acceptors (Lipinski definition) is 5. The van der Waals surface area contributed by atoms with Crippen molar-refractivity contribution >= 4 is 36.2 Å². The average Bonchev–Trinajstić information content (AvgIpc) is 2.73. The summed E-state index contributed by atoms with van der Waals surface area (Å²) >= 11 is 0. The van der Waals surface area contributed by atoms with Gasteiger partial charge in [0.1, 0.15) is 6.54 Å². The van der Waals surface area contributed by atoms with Crippen LogP contribution in [0.15, 0.2) is 12.7 Å². The molecule has 0 bridgehead atoms. The number of halogens is 1. The molecule has 0 aromatic carbocycles. The summed E-state index contributed by atoms with van der Waals surface area (Å²) in [4.78, 5) is 51.2. The van der Waals surface area contributed by atoms with Crippen molar-refractivity contribution in [2.24, 2.45) is 11.7 Å². The third-order valence-corrected chi connectivity index (χ3v) is 4.29. The topological polar surface area (TPSA) is 104 Å². The summed E-state index contributed by atoms with van der Waals surface area (Å²) in [5.41, 5.74) is 5.89.